The standard InChI is InChI=1S/C31H43NO4/c1-3-4-5-6-7-8-9-10-26(33)35-24-14-13-23-19-25-31(34)16-15-21(2)29-30(31,27(23)28(24)36-29)17-18-32(25)20-22-11-12-22/h13-14,22,25,29,34H,2-12,15-20H2,1H3/t25-,29?,30+,31-/m1/s1. The number of hydrogen-bond acceptors (Lipinski definition) is 5. The van der Waals surface area contributed by atoms with E-state index in [1.54, 1.807) is 0 Å². The van der Waals surface area contributed by atoms with E-state index in [1.807, 2.05) is 6.07 Å². The third-order valence-corrected chi connectivity index (χ3v) is 9.90. The highest BCUT2D eigenvalue weighted by atomic mass is 16.6. The number of rotatable bonds is 11. The Bertz CT molecular complexity index is 1030. The van der Waals surface area contributed by atoms with Crippen molar-refractivity contribution in [3.8, 4) is 11.5 Å². The van der Waals surface area contributed by atoms with Crippen molar-refractivity contribution in [2.75, 3.05) is 13.1 Å². The molecule has 0 radical (unpaired) electrons. The van der Waals surface area contributed by atoms with Crippen molar-refractivity contribution in [3.63, 3.8) is 0 Å². The Kier molecular flexibility index (Phi) is 6.44. The molecule has 5 nitrogen and oxygen atoms in total. The van der Waals surface area contributed by atoms with E-state index in [9.17, 15) is 9.90 Å². The lowest BCUT2D eigenvalue weighted by molar-refractivity contribution is -0.174. The van der Waals surface area contributed by atoms with E-state index < -0.39 is 11.0 Å². The van der Waals surface area contributed by atoms with Crippen LogP contribution in [0.5, 0.6) is 11.5 Å². The zero-order valence-corrected chi connectivity index (χ0v) is 22.0. The zero-order chi connectivity index (χ0) is 24.9. The highest BCUT2D eigenvalue weighted by Crippen LogP contribution is 2.66. The maximum absolute atomic E-state index is 12.8. The summed E-state index contributed by atoms with van der Waals surface area (Å²) in [6, 6.07) is 4.18. The van der Waals surface area contributed by atoms with Gasteiger partial charge in [0.05, 0.1) is 11.0 Å². The van der Waals surface area contributed by atoms with Crippen molar-refractivity contribution < 1.29 is 19.4 Å². The number of benzene rings is 1. The Morgan fingerprint density at radius 1 is 1.17 bits per heavy atom. The lowest BCUT2D eigenvalue weighted by Gasteiger charge is -2.63. The lowest BCUT2D eigenvalue weighted by atomic mass is 9.48. The van der Waals surface area contributed by atoms with E-state index in [4.69, 9.17) is 9.47 Å². The van der Waals surface area contributed by atoms with Crippen LogP contribution < -0.4 is 9.47 Å². The predicted octanol–water partition coefficient (Wildman–Crippen LogP) is 5.85. The minimum absolute atomic E-state index is 0.121. The van der Waals surface area contributed by atoms with Crippen LogP contribution in [0.2, 0.25) is 0 Å². The Labute approximate surface area is 216 Å². The van der Waals surface area contributed by atoms with Gasteiger partial charge in [-0.1, -0.05) is 58.1 Å². The molecule has 1 aromatic carbocycles. The second-order valence-electron chi connectivity index (χ2n) is 12.2. The number of carbonyl (C=O) groups excluding carboxylic acids is 1. The smallest absolute Gasteiger partial charge is 0.311 e. The van der Waals surface area contributed by atoms with Gasteiger partial charge in [0.25, 0.3) is 0 Å². The molecule has 3 aliphatic carbocycles. The first-order valence-corrected chi connectivity index (χ1v) is 14.7. The first-order valence-electron chi connectivity index (χ1n) is 14.7. The van der Waals surface area contributed by atoms with Crippen molar-refractivity contribution in [3.05, 3.63) is 35.4 Å². The van der Waals surface area contributed by atoms with Crippen molar-refractivity contribution in [2.45, 2.75) is 120 Å². The fourth-order valence-corrected chi connectivity index (χ4v) is 7.86. The SMILES string of the molecule is C=C1CC[C@@]2(O)[C@H]3Cc4ccc(OC(=O)CCCCCCCCC)c5c4[C@@]2(CCN3CC2CC2)C1O5. The minimum Gasteiger partial charge on any atom is -0.481 e. The number of piperidine rings is 1. The van der Waals surface area contributed by atoms with E-state index in [0.29, 0.717) is 17.9 Å². The number of carbonyl (C=O) groups is 1. The monoisotopic (exact) mass is 493 g/mol. The fraction of sp³-hybridized carbons (Fsp3) is 0.710. The van der Waals surface area contributed by atoms with Crippen molar-refractivity contribution in [1.82, 2.24) is 4.90 Å². The molecule has 5 aliphatic rings. The maximum atomic E-state index is 12.8. The van der Waals surface area contributed by atoms with Crippen LogP contribution in [0.3, 0.4) is 0 Å². The number of likely N-dealkylation sites (tertiary alicyclic amines) is 1. The average molecular weight is 494 g/mol. The molecule has 196 valence electrons. The molecule has 36 heavy (non-hydrogen) atoms. The number of nitrogens with zero attached hydrogens (tertiary/aromatic N) is 1. The molecule has 1 N–H and O–H groups in total. The van der Waals surface area contributed by atoms with Gasteiger partial charge < -0.3 is 14.6 Å². The summed E-state index contributed by atoms with van der Waals surface area (Å²) in [4.78, 5) is 15.3. The van der Waals surface area contributed by atoms with Crippen LogP contribution >= 0.6 is 0 Å². The van der Waals surface area contributed by atoms with Gasteiger partial charge in [-0.2, -0.15) is 0 Å². The van der Waals surface area contributed by atoms with E-state index in [-0.39, 0.29) is 18.1 Å². The summed E-state index contributed by atoms with van der Waals surface area (Å²) < 4.78 is 12.6. The summed E-state index contributed by atoms with van der Waals surface area (Å²) >= 11 is 0. The topological polar surface area (TPSA) is 59.0 Å². The van der Waals surface area contributed by atoms with Gasteiger partial charge in [-0.25, -0.2) is 0 Å². The predicted molar refractivity (Wildman–Crippen MR) is 141 cm³/mol. The summed E-state index contributed by atoms with van der Waals surface area (Å²) in [6.45, 7) is 8.70. The van der Waals surface area contributed by atoms with E-state index >= 15 is 0 Å². The highest BCUT2D eigenvalue weighted by Gasteiger charge is 2.72. The van der Waals surface area contributed by atoms with Gasteiger partial charge in [-0.05, 0) is 74.6 Å². The third-order valence-electron chi connectivity index (χ3n) is 9.90. The van der Waals surface area contributed by atoms with Crippen LogP contribution in [0, 0.1) is 5.92 Å². The number of ether oxygens (including phenoxy) is 2. The molecule has 0 amide bonds. The number of aliphatic hydroxyl groups is 1. The minimum atomic E-state index is -0.829. The maximum Gasteiger partial charge on any atom is 0.311 e. The summed E-state index contributed by atoms with van der Waals surface area (Å²) in [5.41, 5.74) is 2.13. The molecule has 1 saturated heterocycles. The zero-order valence-electron chi connectivity index (χ0n) is 22.0. The van der Waals surface area contributed by atoms with Gasteiger partial charge >= 0.3 is 5.97 Å². The highest BCUT2D eigenvalue weighted by molar-refractivity contribution is 5.75. The van der Waals surface area contributed by atoms with Crippen LogP contribution in [0.4, 0.5) is 0 Å². The molecule has 3 fully saturated rings. The Hall–Kier alpha value is -1.85. The Morgan fingerprint density at radius 2 is 1.94 bits per heavy atom. The molecule has 2 bridgehead atoms. The second kappa shape index (κ2) is 9.47. The molecule has 2 heterocycles. The van der Waals surface area contributed by atoms with Crippen LogP contribution in [0.15, 0.2) is 24.3 Å². The number of unbranched alkanes of at least 4 members (excludes halogenated alkanes) is 6. The van der Waals surface area contributed by atoms with Gasteiger partial charge in [0, 0.05) is 24.6 Å². The molecule has 2 aliphatic heterocycles. The van der Waals surface area contributed by atoms with Crippen molar-refractivity contribution >= 4 is 5.97 Å². The summed E-state index contributed by atoms with van der Waals surface area (Å²) in [5.74, 6) is 1.84. The van der Waals surface area contributed by atoms with E-state index in [0.717, 1.165) is 68.7 Å². The second-order valence-corrected chi connectivity index (χ2v) is 12.2. The van der Waals surface area contributed by atoms with Gasteiger partial charge in [0.15, 0.2) is 11.5 Å². The fourth-order valence-electron chi connectivity index (χ4n) is 7.86. The van der Waals surface area contributed by atoms with Crippen LogP contribution in [0.1, 0.15) is 102 Å². The number of esters is 1. The quantitative estimate of drug-likeness (QED) is 0.181. The summed E-state index contributed by atoms with van der Waals surface area (Å²) in [7, 11) is 0. The number of hydrogen-bond donors (Lipinski definition) is 1. The summed E-state index contributed by atoms with van der Waals surface area (Å²) in [5, 5.41) is 12.5. The first kappa shape index (κ1) is 24.5. The molecule has 6 rings (SSSR count). The molecule has 5 heteroatoms. The molecule has 0 aromatic heterocycles. The van der Waals surface area contributed by atoms with Crippen LogP contribution in [-0.4, -0.2) is 46.8 Å². The first-order chi connectivity index (χ1) is 17.5. The van der Waals surface area contributed by atoms with Crippen molar-refractivity contribution in [2.24, 2.45) is 5.92 Å². The van der Waals surface area contributed by atoms with Crippen LogP contribution in [0.25, 0.3) is 0 Å². The normalized spacial score (nSPS) is 32.2. The summed E-state index contributed by atoms with van der Waals surface area (Å²) in [6.07, 6.45) is 14.3. The molecule has 1 aromatic rings. The van der Waals surface area contributed by atoms with Gasteiger partial charge in [-0.15, -0.1) is 0 Å². The van der Waals surface area contributed by atoms with Crippen molar-refractivity contribution in [1.29, 1.82) is 0 Å². The van der Waals surface area contributed by atoms with Crippen LogP contribution in [-0.2, 0) is 16.6 Å². The third kappa shape index (κ3) is 3.84. The largest absolute Gasteiger partial charge is 0.481 e. The Morgan fingerprint density at radius 3 is 2.72 bits per heavy atom. The van der Waals surface area contributed by atoms with E-state index in [2.05, 4.69) is 24.5 Å². The molecule has 1 unspecified atom stereocenters. The van der Waals surface area contributed by atoms with Gasteiger partial charge in [0.1, 0.15) is 6.10 Å². The molecule has 4 atom stereocenters. The molecular weight excluding hydrogens is 450 g/mol. The lowest BCUT2D eigenvalue weighted by Crippen LogP contribution is -2.75. The molecule has 2 saturated carbocycles. The molecular formula is C31H43NO4. The van der Waals surface area contributed by atoms with Gasteiger partial charge in [-0.3, -0.25) is 9.69 Å². The molecule has 1 spiro atoms. The van der Waals surface area contributed by atoms with E-state index in [1.165, 1.54) is 50.5 Å². The average Bonchev–Trinajstić information content (AvgIpc) is 3.60. The Balaban J connectivity index is 1.22. The van der Waals surface area contributed by atoms with Gasteiger partial charge in [0.2, 0.25) is 0 Å².